The van der Waals surface area contributed by atoms with E-state index in [9.17, 15) is 4.79 Å². The number of hydrogen-bond acceptors (Lipinski definition) is 5. The maximum absolute atomic E-state index is 12.6. The van der Waals surface area contributed by atoms with Crippen molar-refractivity contribution in [1.82, 2.24) is 29.7 Å². The fourth-order valence-electron chi connectivity index (χ4n) is 2.89. The quantitative estimate of drug-likeness (QED) is 0.580. The Labute approximate surface area is 155 Å². The summed E-state index contributed by atoms with van der Waals surface area (Å²) in [6.07, 6.45) is 1.67. The van der Waals surface area contributed by atoms with E-state index >= 15 is 0 Å². The number of H-pyrrole nitrogens is 1. The van der Waals surface area contributed by atoms with Crippen LogP contribution in [0.2, 0.25) is 0 Å². The predicted octanol–water partition coefficient (Wildman–Crippen LogP) is 3.36. The number of carbonyl (C=O) groups is 1. The van der Waals surface area contributed by atoms with Gasteiger partial charge in [-0.25, -0.2) is 9.97 Å². The lowest BCUT2D eigenvalue weighted by molar-refractivity contribution is 0.101. The van der Waals surface area contributed by atoms with Gasteiger partial charge in [-0.15, -0.1) is 10.2 Å². The van der Waals surface area contributed by atoms with Gasteiger partial charge in [0.05, 0.1) is 11.0 Å². The molecule has 0 spiro atoms. The first-order chi connectivity index (χ1) is 13.0. The average molecular weight is 361 g/mol. The van der Waals surface area contributed by atoms with Crippen LogP contribution in [0.25, 0.3) is 22.6 Å². The maximum Gasteiger partial charge on any atom is 0.292 e. The lowest BCUT2D eigenvalue weighted by Gasteiger charge is -2.10. The van der Waals surface area contributed by atoms with Crippen molar-refractivity contribution in [3.8, 4) is 11.5 Å². The molecule has 3 heterocycles. The molecule has 0 aliphatic heterocycles. The van der Waals surface area contributed by atoms with Gasteiger partial charge in [0.25, 0.3) is 5.91 Å². The number of imidazole rings is 1. The minimum absolute atomic E-state index is 0.203. The van der Waals surface area contributed by atoms with E-state index in [-0.39, 0.29) is 17.8 Å². The summed E-state index contributed by atoms with van der Waals surface area (Å²) in [6, 6.07) is 11.4. The topological polar surface area (TPSA) is 101 Å². The number of aromatic amines is 1. The van der Waals surface area contributed by atoms with Crippen molar-refractivity contribution >= 4 is 22.8 Å². The third-order valence-electron chi connectivity index (χ3n) is 4.28. The number of nitrogens with one attached hydrogen (secondary N) is 2. The second-order valence-corrected chi connectivity index (χ2v) is 6.57. The van der Waals surface area contributed by atoms with Crippen LogP contribution in [0, 0.1) is 6.92 Å². The van der Waals surface area contributed by atoms with E-state index in [0.717, 1.165) is 16.6 Å². The molecule has 0 fully saturated rings. The molecule has 0 aliphatic rings. The number of para-hydroxylation sites is 1. The molecule has 0 aliphatic carbocycles. The molecule has 8 nitrogen and oxygen atoms in total. The molecule has 27 heavy (non-hydrogen) atoms. The Bertz CT molecular complexity index is 1130. The number of carbonyl (C=O) groups excluding carboxylic acids is 1. The Morgan fingerprint density at radius 1 is 1.15 bits per heavy atom. The van der Waals surface area contributed by atoms with Crippen molar-refractivity contribution in [2.24, 2.45) is 0 Å². The van der Waals surface area contributed by atoms with Crippen LogP contribution in [0.3, 0.4) is 0 Å². The number of fused-ring (bicyclic) bond motifs is 1. The normalized spacial score (nSPS) is 11.3. The number of pyridine rings is 1. The Hall–Kier alpha value is -3.55. The summed E-state index contributed by atoms with van der Waals surface area (Å²) >= 11 is 0. The molecule has 136 valence electrons. The van der Waals surface area contributed by atoms with Gasteiger partial charge in [-0.1, -0.05) is 18.2 Å². The summed E-state index contributed by atoms with van der Waals surface area (Å²) in [6.45, 7) is 6.05. The van der Waals surface area contributed by atoms with Gasteiger partial charge in [-0.2, -0.15) is 0 Å². The maximum atomic E-state index is 12.6. The molecule has 0 bridgehead atoms. The van der Waals surface area contributed by atoms with Crippen molar-refractivity contribution in [1.29, 1.82) is 0 Å². The number of anilines is 1. The van der Waals surface area contributed by atoms with E-state index in [2.05, 4.69) is 30.5 Å². The first-order valence-corrected chi connectivity index (χ1v) is 8.66. The van der Waals surface area contributed by atoms with Gasteiger partial charge in [-0.3, -0.25) is 4.79 Å². The van der Waals surface area contributed by atoms with E-state index in [4.69, 9.17) is 0 Å². The van der Waals surface area contributed by atoms with Gasteiger partial charge in [0, 0.05) is 6.04 Å². The molecule has 4 aromatic rings. The number of nitrogens with zero attached hydrogens (tertiary/aromatic N) is 5. The first kappa shape index (κ1) is 16.9. The van der Waals surface area contributed by atoms with E-state index in [0.29, 0.717) is 17.3 Å². The summed E-state index contributed by atoms with van der Waals surface area (Å²) < 4.78 is 1.93. The van der Waals surface area contributed by atoms with Crippen LogP contribution in [0.1, 0.15) is 36.1 Å². The third kappa shape index (κ3) is 3.17. The summed E-state index contributed by atoms with van der Waals surface area (Å²) in [4.78, 5) is 24.5. The van der Waals surface area contributed by atoms with Gasteiger partial charge in [0.15, 0.2) is 11.6 Å². The molecule has 0 atom stereocenters. The molecule has 1 amide bonds. The summed E-state index contributed by atoms with van der Waals surface area (Å²) in [5.41, 5.74) is 3.26. The van der Waals surface area contributed by atoms with Crippen molar-refractivity contribution in [2.45, 2.75) is 26.8 Å². The number of benzene rings is 1. The van der Waals surface area contributed by atoms with Gasteiger partial charge in [0.1, 0.15) is 17.8 Å². The number of aromatic nitrogens is 6. The van der Waals surface area contributed by atoms with E-state index in [1.54, 1.807) is 12.4 Å². The average Bonchev–Trinajstić information content (AvgIpc) is 3.30. The second-order valence-electron chi connectivity index (χ2n) is 6.57. The van der Waals surface area contributed by atoms with Gasteiger partial charge >= 0.3 is 0 Å². The fraction of sp³-hybridized carbons (Fsp3) is 0.211. The number of rotatable bonds is 4. The van der Waals surface area contributed by atoms with E-state index in [1.165, 1.54) is 0 Å². The minimum Gasteiger partial charge on any atom is -0.334 e. The summed E-state index contributed by atoms with van der Waals surface area (Å²) in [5, 5.41) is 10.9. The lowest BCUT2D eigenvalue weighted by atomic mass is 10.2. The van der Waals surface area contributed by atoms with Crippen molar-refractivity contribution < 1.29 is 4.79 Å². The predicted molar refractivity (Wildman–Crippen MR) is 102 cm³/mol. The lowest BCUT2D eigenvalue weighted by Crippen LogP contribution is -2.15. The monoisotopic (exact) mass is 361 g/mol. The SMILES string of the molecule is Cc1cccc2[nH]c(C(=O)Nc3cccc(-c4nncn4C(C)C)n3)nc12. The molecule has 8 heteroatoms. The van der Waals surface area contributed by atoms with Crippen molar-refractivity contribution in [2.75, 3.05) is 5.32 Å². The van der Waals surface area contributed by atoms with Crippen molar-refractivity contribution in [3.05, 3.63) is 54.1 Å². The molecule has 0 radical (unpaired) electrons. The van der Waals surface area contributed by atoms with Crippen molar-refractivity contribution in [3.63, 3.8) is 0 Å². The first-order valence-electron chi connectivity index (χ1n) is 8.66. The summed E-state index contributed by atoms with van der Waals surface area (Å²) in [5.74, 6) is 0.978. The zero-order valence-electron chi connectivity index (χ0n) is 15.3. The minimum atomic E-state index is -0.347. The molecule has 0 saturated carbocycles. The van der Waals surface area contributed by atoms with E-state index in [1.807, 2.05) is 55.7 Å². The standard InChI is InChI=1S/C19H19N7O/c1-11(2)26-10-20-25-18(26)14-8-5-9-15(21-14)23-19(27)17-22-13-7-4-6-12(3)16(13)24-17/h4-11H,1-3H3,(H,22,24)(H,21,23,27). The largest absolute Gasteiger partial charge is 0.334 e. The highest BCUT2D eigenvalue weighted by Gasteiger charge is 2.15. The highest BCUT2D eigenvalue weighted by atomic mass is 16.2. The Kier molecular flexibility index (Phi) is 4.15. The van der Waals surface area contributed by atoms with Crippen LogP contribution in [-0.2, 0) is 0 Å². The Balaban J connectivity index is 1.61. The zero-order valence-corrected chi connectivity index (χ0v) is 15.3. The Morgan fingerprint density at radius 3 is 2.74 bits per heavy atom. The van der Waals surface area contributed by atoms with Crippen LogP contribution in [-0.4, -0.2) is 35.6 Å². The highest BCUT2D eigenvalue weighted by Crippen LogP contribution is 2.20. The van der Waals surface area contributed by atoms with Gasteiger partial charge < -0.3 is 14.9 Å². The smallest absolute Gasteiger partial charge is 0.292 e. The second kappa shape index (κ2) is 6.64. The molecule has 0 unspecified atom stereocenters. The van der Waals surface area contributed by atoms with Crippen LogP contribution >= 0.6 is 0 Å². The number of amides is 1. The summed E-state index contributed by atoms with van der Waals surface area (Å²) in [7, 11) is 0. The fourth-order valence-corrected chi connectivity index (χ4v) is 2.89. The van der Waals surface area contributed by atoms with Crippen LogP contribution < -0.4 is 5.32 Å². The zero-order chi connectivity index (χ0) is 19.0. The molecule has 1 aromatic carbocycles. The molecule has 0 saturated heterocycles. The molecular weight excluding hydrogens is 342 g/mol. The number of aryl methyl sites for hydroxylation is 1. The Morgan fingerprint density at radius 2 is 1.96 bits per heavy atom. The van der Waals surface area contributed by atoms with Crippen LogP contribution in [0.4, 0.5) is 5.82 Å². The molecular formula is C19H19N7O. The number of hydrogen-bond donors (Lipinski definition) is 2. The highest BCUT2D eigenvalue weighted by molar-refractivity contribution is 6.03. The third-order valence-corrected chi connectivity index (χ3v) is 4.28. The molecule has 3 aromatic heterocycles. The molecule has 4 rings (SSSR count). The van der Waals surface area contributed by atoms with Crippen LogP contribution in [0.15, 0.2) is 42.7 Å². The molecule has 2 N–H and O–H groups in total. The van der Waals surface area contributed by atoms with Crippen LogP contribution in [0.5, 0.6) is 0 Å². The van der Waals surface area contributed by atoms with Gasteiger partial charge in [0.2, 0.25) is 0 Å². The van der Waals surface area contributed by atoms with Gasteiger partial charge in [-0.05, 0) is 44.5 Å². The van der Waals surface area contributed by atoms with E-state index < -0.39 is 0 Å².